The van der Waals surface area contributed by atoms with Gasteiger partial charge in [0.2, 0.25) is 27.7 Å². The number of aryl methyl sites for hydroxylation is 1. The fourth-order valence-corrected chi connectivity index (χ4v) is 10.5. The van der Waals surface area contributed by atoms with Crippen molar-refractivity contribution < 1.29 is 37.1 Å². The second kappa shape index (κ2) is 17.3. The lowest BCUT2D eigenvalue weighted by atomic mass is 9.96. The summed E-state index contributed by atoms with van der Waals surface area (Å²) >= 11 is 1.93. The Balaban J connectivity index is 1.21. The van der Waals surface area contributed by atoms with Crippen molar-refractivity contribution in [3.8, 4) is 5.88 Å². The summed E-state index contributed by atoms with van der Waals surface area (Å²) < 4.78 is 39.5. The van der Waals surface area contributed by atoms with Gasteiger partial charge in [-0.25, -0.2) is 23.2 Å². The summed E-state index contributed by atoms with van der Waals surface area (Å²) in [6, 6.07) is 4.23. The number of ether oxygens (including phenoxy) is 2. The van der Waals surface area contributed by atoms with E-state index in [1.165, 1.54) is 11.0 Å². The maximum absolute atomic E-state index is 14.8. The van der Waals surface area contributed by atoms with E-state index in [1.807, 2.05) is 46.9 Å². The highest BCUT2D eigenvalue weighted by molar-refractivity contribution is 14.1. The van der Waals surface area contributed by atoms with Gasteiger partial charge in [0, 0.05) is 6.42 Å². The van der Waals surface area contributed by atoms with Crippen LogP contribution in [0.4, 0.5) is 4.79 Å². The number of benzene rings is 1. The van der Waals surface area contributed by atoms with Gasteiger partial charge >= 0.3 is 6.09 Å². The highest BCUT2D eigenvalue weighted by Gasteiger charge is 2.47. The van der Waals surface area contributed by atoms with Gasteiger partial charge in [0.1, 0.15) is 36.0 Å². The monoisotopic (exact) mass is 890 g/mol. The maximum Gasteiger partial charge on any atom is 0.408 e. The lowest BCUT2D eigenvalue weighted by Gasteiger charge is -2.32. The van der Waals surface area contributed by atoms with Gasteiger partial charge in [-0.05, 0) is 88.2 Å². The Bertz CT molecular complexity index is 1890. The first-order valence-corrected chi connectivity index (χ1v) is 22.6. The summed E-state index contributed by atoms with van der Waals surface area (Å²) in [5.74, 6) is -1.52. The van der Waals surface area contributed by atoms with Crippen molar-refractivity contribution in [3.05, 3.63) is 42.6 Å². The Morgan fingerprint density at radius 1 is 0.927 bits per heavy atom. The number of fused-ring (bicyclic) bond motifs is 5. The van der Waals surface area contributed by atoms with Crippen LogP contribution >= 0.6 is 22.6 Å². The molecule has 0 spiro atoms. The number of sulfonamides is 1. The molecular formula is C39H51IN6O8S. The molecule has 4 amide bonds. The molecule has 3 aliphatic carbocycles. The zero-order valence-corrected chi connectivity index (χ0v) is 34.0. The predicted molar refractivity (Wildman–Crippen MR) is 213 cm³/mol. The summed E-state index contributed by atoms with van der Waals surface area (Å²) in [6.07, 6.45) is 11.3. The van der Waals surface area contributed by atoms with Gasteiger partial charge in [-0.3, -0.25) is 19.1 Å². The van der Waals surface area contributed by atoms with Crippen LogP contribution in [0.1, 0.15) is 95.6 Å². The molecule has 7 rings (SSSR count). The van der Waals surface area contributed by atoms with Crippen LogP contribution in [-0.4, -0.2) is 93.2 Å². The Labute approximate surface area is 335 Å². The number of hydrogen-bond donors (Lipinski definition) is 3. The third-order valence-electron chi connectivity index (χ3n) is 11.8. The van der Waals surface area contributed by atoms with E-state index < -0.39 is 67.2 Å². The minimum atomic E-state index is -3.90. The second-order valence-electron chi connectivity index (χ2n) is 15.7. The first-order chi connectivity index (χ1) is 26.5. The average Bonchev–Trinajstić information content (AvgIpc) is 3.51. The van der Waals surface area contributed by atoms with Crippen LogP contribution in [0.15, 0.2) is 36.9 Å². The summed E-state index contributed by atoms with van der Waals surface area (Å²) in [6.45, 7) is 3.78. The summed E-state index contributed by atoms with van der Waals surface area (Å²) in [4.78, 5) is 67.4. The summed E-state index contributed by atoms with van der Waals surface area (Å²) in [7, 11) is -3.90. The minimum Gasteiger partial charge on any atom is -0.471 e. The standard InChI is InChI=1S/C39H51IN6O8S/c1-2-27(40)34(36(48)45-55(51,52)26-19-20-26)43-35(47)31-21-25-22-46(31)38(49)33(24-12-6-7-13-24)44-39(50)54-32-18-10-14-23(32)11-4-3-5-17-30-37(53-25)42-29-16-9-8-15-28(29)41-30/h2,8-9,15-16,23-27,31-34H,1,3-7,10-14,17-22H2,(H,43,47)(H,44,50)(H,45,48)/t23-,25-,27+,31+,32-,33+,34?/m1/s1. The van der Waals surface area contributed by atoms with Crippen molar-refractivity contribution in [2.24, 2.45) is 11.8 Å². The molecule has 1 unspecified atom stereocenters. The first-order valence-electron chi connectivity index (χ1n) is 19.8. The number of carbonyl (C=O) groups excluding carboxylic acids is 4. The topological polar surface area (TPSA) is 186 Å². The van der Waals surface area contributed by atoms with E-state index in [-0.39, 0.29) is 30.9 Å². The molecule has 3 N–H and O–H groups in total. The van der Waals surface area contributed by atoms with Gasteiger partial charge in [-0.1, -0.05) is 66.5 Å². The number of nitrogens with zero attached hydrogens (tertiary/aromatic N) is 3. The van der Waals surface area contributed by atoms with Crippen LogP contribution in [0.25, 0.3) is 11.0 Å². The number of alkyl carbamates (subject to hydrolysis) is 1. The Morgan fingerprint density at radius 3 is 2.35 bits per heavy atom. The number of rotatable bonds is 8. The third kappa shape index (κ3) is 9.37. The van der Waals surface area contributed by atoms with Crippen LogP contribution in [0, 0.1) is 11.8 Å². The molecule has 5 aliphatic rings. The number of nitrogens with one attached hydrogen (secondary N) is 3. The third-order valence-corrected chi connectivity index (χ3v) is 14.9. The van der Waals surface area contributed by atoms with E-state index in [9.17, 15) is 27.6 Å². The van der Waals surface area contributed by atoms with E-state index >= 15 is 0 Å². The zero-order valence-electron chi connectivity index (χ0n) is 31.0. The normalized spacial score (nSPS) is 28.0. The van der Waals surface area contributed by atoms with Gasteiger partial charge in [0.25, 0.3) is 5.91 Å². The molecule has 2 aliphatic heterocycles. The quantitative estimate of drug-likeness (QED) is 0.192. The number of carbonyl (C=O) groups is 4. The van der Waals surface area contributed by atoms with Crippen LogP contribution in [0.2, 0.25) is 0 Å². The molecule has 3 heterocycles. The smallest absolute Gasteiger partial charge is 0.408 e. The highest BCUT2D eigenvalue weighted by Crippen LogP contribution is 2.35. The second-order valence-corrected chi connectivity index (χ2v) is 19.1. The molecule has 2 aromatic rings. The van der Waals surface area contributed by atoms with Crippen molar-refractivity contribution in [3.63, 3.8) is 0 Å². The molecule has 1 aromatic carbocycles. The largest absolute Gasteiger partial charge is 0.471 e. The lowest BCUT2D eigenvalue weighted by Crippen LogP contribution is -2.59. The minimum absolute atomic E-state index is 0.0115. The number of halogens is 1. The first kappa shape index (κ1) is 39.7. The number of aromatic nitrogens is 2. The number of para-hydroxylation sites is 2. The number of alkyl halides is 1. The Kier molecular flexibility index (Phi) is 12.5. The molecule has 2 bridgehead atoms. The fraction of sp³-hybridized carbons (Fsp3) is 0.641. The highest BCUT2D eigenvalue weighted by atomic mass is 127. The van der Waals surface area contributed by atoms with Crippen molar-refractivity contribution in [2.75, 3.05) is 6.54 Å². The molecule has 4 fully saturated rings. The number of hydrogen-bond acceptors (Lipinski definition) is 10. The molecule has 7 atom stereocenters. The summed E-state index contributed by atoms with van der Waals surface area (Å²) in [5, 5.41) is 5.05. The molecule has 16 heteroatoms. The molecular weight excluding hydrogens is 839 g/mol. The SMILES string of the molecule is C=C[C@H](I)C(NC(=O)[C@@H]1C[C@@H]2CN1C(=O)[C@H](C1CCCC1)NC(=O)O[C@@H]1CCC[C@H]1CCCCCc1nc3ccccc3nc1O2)C(=O)NS(=O)(=O)C1CC1. The van der Waals surface area contributed by atoms with E-state index in [0.29, 0.717) is 36.4 Å². The van der Waals surface area contributed by atoms with Crippen LogP contribution in [-0.2, 0) is 35.6 Å². The molecule has 14 nitrogen and oxygen atoms in total. The molecule has 1 aromatic heterocycles. The van der Waals surface area contributed by atoms with Crippen LogP contribution < -0.4 is 20.1 Å². The zero-order chi connectivity index (χ0) is 38.7. The van der Waals surface area contributed by atoms with Crippen molar-refractivity contribution in [1.82, 2.24) is 30.2 Å². The maximum atomic E-state index is 14.8. The number of amides is 4. The van der Waals surface area contributed by atoms with Crippen molar-refractivity contribution in [1.29, 1.82) is 0 Å². The fourth-order valence-electron chi connectivity index (χ4n) is 8.66. The summed E-state index contributed by atoms with van der Waals surface area (Å²) in [5.41, 5.74) is 2.11. The van der Waals surface area contributed by atoms with Gasteiger partial charge in [-0.2, -0.15) is 0 Å². The Morgan fingerprint density at radius 2 is 1.62 bits per heavy atom. The molecule has 0 radical (unpaired) electrons. The molecule has 298 valence electrons. The van der Waals surface area contributed by atoms with Crippen molar-refractivity contribution >= 4 is 67.5 Å². The average molecular weight is 891 g/mol. The van der Waals surface area contributed by atoms with Crippen molar-refractivity contribution in [2.45, 2.75) is 136 Å². The van der Waals surface area contributed by atoms with E-state index in [4.69, 9.17) is 19.4 Å². The van der Waals surface area contributed by atoms with Gasteiger partial charge in [0.05, 0.1) is 26.8 Å². The van der Waals surface area contributed by atoms with E-state index in [0.717, 1.165) is 76.1 Å². The Hall–Kier alpha value is -3.54. The lowest BCUT2D eigenvalue weighted by molar-refractivity contribution is -0.141. The van der Waals surface area contributed by atoms with Gasteiger partial charge in [0.15, 0.2) is 0 Å². The predicted octanol–water partition coefficient (Wildman–Crippen LogP) is 4.63. The molecule has 1 saturated heterocycles. The molecule has 55 heavy (non-hydrogen) atoms. The van der Waals surface area contributed by atoms with Gasteiger partial charge in [-0.15, -0.1) is 6.58 Å². The van der Waals surface area contributed by atoms with Crippen LogP contribution in [0.3, 0.4) is 0 Å². The van der Waals surface area contributed by atoms with E-state index in [1.54, 1.807) is 0 Å². The molecule has 3 saturated carbocycles. The van der Waals surface area contributed by atoms with E-state index in [2.05, 4.69) is 21.9 Å². The van der Waals surface area contributed by atoms with Crippen LogP contribution in [0.5, 0.6) is 5.88 Å². The van der Waals surface area contributed by atoms with Gasteiger partial charge < -0.3 is 25.0 Å².